The quantitative estimate of drug-likeness (QED) is 0.202. The number of benzene rings is 5. The fourth-order valence-corrected chi connectivity index (χ4v) is 6.97. The van der Waals surface area contributed by atoms with Gasteiger partial charge in [-0.05, 0) is 74.8 Å². The zero-order valence-corrected chi connectivity index (χ0v) is 24.5. The van der Waals surface area contributed by atoms with Crippen LogP contribution in [0.5, 0.6) is 0 Å². The summed E-state index contributed by atoms with van der Waals surface area (Å²) in [6.45, 7) is 0. The molecule has 1 aliphatic rings. The number of aromatic nitrogens is 3. The van der Waals surface area contributed by atoms with Crippen LogP contribution in [0.15, 0.2) is 158 Å². The third-order valence-electron chi connectivity index (χ3n) is 8.66. The molecule has 5 aromatic carbocycles. The van der Waals surface area contributed by atoms with E-state index in [4.69, 9.17) is 16.6 Å². The second kappa shape index (κ2) is 10.7. The highest BCUT2D eigenvalue weighted by atomic mass is 35.5. The molecule has 2 aromatic heterocycles. The SMILES string of the molecule is Clc1cccc(-c2ccc(C3(c4ccc(-c5cnccn5)c(-c5ccccn5)c4)c4ccccc4-c4ccccc43)cc2)c1. The molecular weight excluding hydrogens is 558 g/mol. The van der Waals surface area contributed by atoms with Gasteiger partial charge in [-0.15, -0.1) is 0 Å². The van der Waals surface area contributed by atoms with E-state index in [9.17, 15) is 0 Å². The van der Waals surface area contributed by atoms with E-state index in [2.05, 4.69) is 113 Å². The molecule has 7 aromatic rings. The lowest BCUT2D eigenvalue weighted by Crippen LogP contribution is -2.28. The molecule has 0 amide bonds. The van der Waals surface area contributed by atoms with Gasteiger partial charge in [-0.1, -0.05) is 115 Å². The van der Waals surface area contributed by atoms with Crippen LogP contribution < -0.4 is 0 Å². The van der Waals surface area contributed by atoms with Crippen LogP contribution in [0.1, 0.15) is 22.3 Å². The molecule has 3 nitrogen and oxygen atoms in total. The Balaban J connectivity index is 1.42. The summed E-state index contributed by atoms with van der Waals surface area (Å²) in [6, 6.07) is 47.3. The monoisotopic (exact) mass is 583 g/mol. The second-order valence-electron chi connectivity index (χ2n) is 11.0. The standard InChI is InChI=1S/C40H26ClN3/c41-31-9-7-8-28(24-31)27-15-17-29(18-16-27)40(36-12-3-1-10-32(36)33-11-2-4-13-37(33)40)30-19-20-34(39-26-42-22-23-44-39)35(25-30)38-14-5-6-21-43-38/h1-26H. The zero-order chi connectivity index (χ0) is 29.5. The summed E-state index contributed by atoms with van der Waals surface area (Å²) in [5, 5.41) is 0.729. The van der Waals surface area contributed by atoms with Crippen molar-refractivity contribution in [2.75, 3.05) is 0 Å². The molecule has 0 saturated heterocycles. The maximum Gasteiger partial charge on any atom is 0.0891 e. The van der Waals surface area contributed by atoms with Gasteiger partial charge >= 0.3 is 0 Å². The molecule has 44 heavy (non-hydrogen) atoms. The van der Waals surface area contributed by atoms with Crippen LogP contribution in [0.3, 0.4) is 0 Å². The molecule has 2 heterocycles. The average molecular weight is 584 g/mol. The number of fused-ring (bicyclic) bond motifs is 3. The number of hydrogen-bond acceptors (Lipinski definition) is 3. The Morgan fingerprint density at radius 3 is 1.84 bits per heavy atom. The van der Waals surface area contributed by atoms with Gasteiger partial charge in [0.25, 0.3) is 0 Å². The summed E-state index contributed by atoms with van der Waals surface area (Å²) in [7, 11) is 0. The fraction of sp³-hybridized carbons (Fsp3) is 0.0250. The maximum atomic E-state index is 6.35. The minimum Gasteiger partial charge on any atom is -0.261 e. The lowest BCUT2D eigenvalue weighted by atomic mass is 9.67. The summed E-state index contributed by atoms with van der Waals surface area (Å²) >= 11 is 6.35. The van der Waals surface area contributed by atoms with E-state index in [0.717, 1.165) is 38.7 Å². The third kappa shape index (κ3) is 4.16. The average Bonchev–Trinajstić information content (AvgIpc) is 3.40. The van der Waals surface area contributed by atoms with E-state index < -0.39 is 5.41 Å². The molecule has 4 heteroatoms. The smallest absolute Gasteiger partial charge is 0.0891 e. The van der Waals surface area contributed by atoms with E-state index in [1.807, 2.05) is 42.7 Å². The van der Waals surface area contributed by atoms with Gasteiger partial charge in [0, 0.05) is 34.7 Å². The van der Waals surface area contributed by atoms with Gasteiger partial charge in [0.2, 0.25) is 0 Å². The number of halogens is 1. The van der Waals surface area contributed by atoms with Crippen molar-refractivity contribution < 1.29 is 0 Å². The normalized spacial score (nSPS) is 12.8. The van der Waals surface area contributed by atoms with Crippen LogP contribution in [-0.2, 0) is 5.41 Å². The van der Waals surface area contributed by atoms with Gasteiger partial charge < -0.3 is 0 Å². The molecule has 0 atom stereocenters. The topological polar surface area (TPSA) is 38.7 Å². The van der Waals surface area contributed by atoms with Gasteiger partial charge in [-0.2, -0.15) is 0 Å². The molecule has 0 aliphatic heterocycles. The predicted octanol–water partition coefficient (Wildman–Crippen LogP) is 9.89. The van der Waals surface area contributed by atoms with E-state index >= 15 is 0 Å². The van der Waals surface area contributed by atoms with Crippen LogP contribution in [0, 0.1) is 0 Å². The van der Waals surface area contributed by atoms with Gasteiger partial charge in [-0.25, -0.2) is 0 Å². The van der Waals surface area contributed by atoms with Gasteiger partial charge in [0.15, 0.2) is 0 Å². The Kier molecular flexibility index (Phi) is 6.40. The van der Waals surface area contributed by atoms with Crippen molar-refractivity contribution in [2.45, 2.75) is 5.41 Å². The third-order valence-corrected chi connectivity index (χ3v) is 8.90. The van der Waals surface area contributed by atoms with E-state index in [-0.39, 0.29) is 0 Å². The van der Waals surface area contributed by atoms with Crippen LogP contribution in [0.2, 0.25) is 5.02 Å². The Morgan fingerprint density at radius 2 is 1.16 bits per heavy atom. The van der Waals surface area contributed by atoms with Crippen molar-refractivity contribution >= 4 is 11.6 Å². The van der Waals surface area contributed by atoms with Crippen molar-refractivity contribution in [3.8, 4) is 44.8 Å². The van der Waals surface area contributed by atoms with Gasteiger partial charge in [-0.3, -0.25) is 15.0 Å². The Labute approximate surface area is 261 Å². The predicted molar refractivity (Wildman–Crippen MR) is 178 cm³/mol. The summed E-state index contributed by atoms with van der Waals surface area (Å²) in [5.41, 5.74) is 12.8. The Hall–Kier alpha value is -5.38. The number of pyridine rings is 1. The fourth-order valence-electron chi connectivity index (χ4n) is 6.78. The van der Waals surface area contributed by atoms with Crippen LogP contribution in [0.4, 0.5) is 0 Å². The molecule has 0 bridgehead atoms. The van der Waals surface area contributed by atoms with Crippen molar-refractivity contribution in [3.05, 3.63) is 186 Å². The molecule has 8 rings (SSSR count). The minimum atomic E-state index is -0.551. The number of hydrogen-bond donors (Lipinski definition) is 0. The van der Waals surface area contributed by atoms with Gasteiger partial charge in [0.1, 0.15) is 0 Å². The van der Waals surface area contributed by atoms with E-state index in [1.54, 1.807) is 12.4 Å². The molecule has 0 spiro atoms. The molecule has 0 saturated carbocycles. The summed E-state index contributed by atoms with van der Waals surface area (Å²) in [6.07, 6.45) is 7.09. The van der Waals surface area contributed by atoms with E-state index in [0.29, 0.717) is 0 Å². The van der Waals surface area contributed by atoms with E-state index in [1.165, 1.54) is 33.4 Å². The van der Waals surface area contributed by atoms with Crippen LogP contribution in [-0.4, -0.2) is 15.0 Å². The van der Waals surface area contributed by atoms with Crippen molar-refractivity contribution in [1.29, 1.82) is 0 Å². The molecule has 0 unspecified atom stereocenters. The van der Waals surface area contributed by atoms with Crippen molar-refractivity contribution in [2.24, 2.45) is 0 Å². The Bertz CT molecular complexity index is 2080. The van der Waals surface area contributed by atoms with Crippen molar-refractivity contribution in [3.63, 3.8) is 0 Å². The van der Waals surface area contributed by atoms with Crippen molar-refractivity contribution in [1.82, 2.24) is 15.0 Å². The largest absolute Gasteiger partial charge is 0.261 e. The summed E-state index contributed by atoms with van der Waals surface area (Å²) in [5.74, 6) is 0. The highest BCUT2D eigenvalue weighted by Gasteiger charge is 2.46. The highest BCUT2D eigenvalue weighted by Crippen LogP contribution is 2.56. The summed E-state index contributed by atoms with van der Waals surface area (Å²) in [4.78, 5) is 13.8. The molecule has 0 N–H and O–H groups in total. The second-order valence-corrected chi connectivity index (χ2v) is 11.4. The lowest BCUT2D eigenvalue weighted by Gasteiger charge is -2.34. The molecule has 0 radical (unpaired) electrons. The minimum absolute atomic E-state index is 0.551. The number of nitrogens with zero attached hydrogens (tertiary/aromatic N) is 3. The number of rotatable bonds is 5. The first-order valence-electron chi connectivity index (χ1n) is 14.6. The molecule has 1 aliphatic carbocycles. The first kappa shape index (κ1) is 26.3. The van der Waals surface area contributed by atoms with Gasteiger partial charge in [0.05, 0.1) is 23.0 Å². The van der Waals surface area contributed by atoms with Crippen LogP contribution in [0.25, 0.3) is 44.8 Å². The first-order chi connectivity index (χ1) is 21.7. The molecule has 0 fully saturated rings. The molecular formula is C40H26ClN3. The zero-order valence-electron chi connectivity index (χ0n) is 23.7. The summed E-state index contributed by atoms with van der Waals surface area (Å²) < 4.78 is 0. The molecule has 208 valence electrons. The Morgan fingerprint density at radius 1 is 0.455 bits per heavy atom. The highest BCUT2D eigenvalue weighted by molar-refractivity contribution is 6.30. The maximum absolute atomic E-state index is 6.35. The lowest BCUT2D eigenvalue weighted by molar-refractivity contribution is 0.769. The first-order valence-corrected chi connectivity index (χ1v) is 15.0. The van der Waals surface area contributed by atoms with Crippen LogP contribution >= 0.6 is 11.6 Å².